The van der Waals surface area contributed by atoms with Crippen molar-refractivity contribution < 1.29 is 13.2 Å². The minimum absolute atomic E-state index is 0.0482. The van der Waals surface area contributed by atoms with E-state index in [2.05, 4.69) is 4.72 Å². The molecule has 2 atom stereocenters. The second-order valence-electron chi connectivity index (χ2n) is 4.78. The monoisotopic (exact) mass is 299 g/mol. The molecule has 2 unspecified atom stereocenters. The molecule has 20 heavy (non-hydrogen) atoms. The summed E-state index contributed by atoms with van der Waals surface area (Å²) in [5.74, 6) is -0.554. The zero-order valence-electron chi connectivity index (χ0n) is 11.7. The van der Waals surface area contributed by atoms with E-state index in [0.717, 1.165) is 12.0 Å². The van der Waals surface area contributed by atoms with Crippen molar-refractivity contribution in [2.75, 3.05) is 0 Å². The molecule has 1 amide bonds. The molecular weight excluding hydrogens is 278 g/mol. The molecule has 0 saturated heterocycles. The van der Waals surface area contributed by atoms with Crippen LogP contribution in [0.2, 0.25) is 0 Å². The summed E-state index contributed by atoms with van der Waals surface area (Å²) in [5.41, 5.74) is 11.7. The third-order valence-electron chi connectivity index (χ3n) is 2.90. The number of carbonyl (C=O) groups excluding carboxylic acids is 1. The number of hydrogen-bond acceptors (Lipinski definition) is 4. The number of primary amides is 1. The van der Waals surface area contributed by atoms with Crippen LogP contribution in [-0.2, 0) is 14.8 Å². The number of hydrogen-bond donors (Lipinski definition) is 3. The summed E-state index contributed by atoms with van der Waals surface area (Å²) in [6.07, 6.45) is 0.669. The van der Waals surface area contributed by atoms with E-state index < -0.39 is 22.0 Å². The molecule has 1 aromatic carbocycles. The fraction of sp³-hybridized carbons (Fsp3) is 0.462. The zero-order valence-corrected chi connectivity index (χ0v) is 12.5. The van der Waals surface area contributed by atoms with Crippen LogP contribution in [0.5, 0.6) is 0 Å². The molecule has 0 aliphatic heterocycles. The van der Waals surface area contributed by atoms with Crippen molar-refractivity contribution >= 4 is 15.9 Å². The molecule has 1 rings (SSSR count). The standard InChI is InChI=1S/C13H21N3O3S/c1-3-12(14)10-5-4-6-11(8-10)20(18,19)16-9(2)7-13(15)17/h4-6,8-9,12,16H,3,7,14H2,1-2H3,(H2,15,17). The van der Waals surface area contributed by atoms with Crippen LogP contribution in [0.1, 0.15) is 38.3 Å². The number of carbonyl (C=O) groups is 1. The second-order valence-corrected chi connectivity index (χ2v) is 6.49. The SMILES string of the molecule is CCC(N)c1cccc(S(=O)(=O)NC(C)CC(N)=O)c1. The van der Waals surface area contributed by atoms with Gasteiger partial charge in [-0.25, -0.2) is 13.1 Å². The highest BCUT2D eigenvalue weighted by Gasteiger charge is 2.19. The summed E-state index contributed by atoms with van der Waals surface area (Å²) in [5, 5.41) is 0. The maximum absolute atomic E-state index is 12.2. The van der Waals surface area contributed by atoms with Gasteiger partial charge in [0.05, 0.1) is 4.90 Å². The molecule has 0 spiro atoms. The van der Waals surface area contributed by atoms with Crippen LogP contribution in [0.25, 0.3) is 0 Å². The van der Waals surface area contributed by atoms with Crippen molar-refractivity contribution in [2.24, 2.45) is 11.5 Å². The molecule has 0 fully saturated rings. The number of nitrogens with two attached hydrogens (primary N) is 2. The molecule has 0 saturated carbocycles. The number of nitrogens with one attached hydrogen (secondary N) is 1. The van der Waals surface area contributed by atoms with Gasteiger partial charge >= 0.3 is 0 Å². The first-order valence-electron chi connectivity index (χ1n) is 6.42. The van der Waals surface area contributed by atoms with E-state index in [1.165, 1.54) is 6.07 Å². The predicted molar refractivity (Wildman–Crippen MR) is 77.3 cm³/mol. The van der Waals surface area contributed by atoms with Gasteiger partial charge in [-0.15, -0.1) is 0 Å². The van der Waals surface area contributed by atoms with Crippen LogP contribution >= 0.6 is 0 Å². The Balaban J connectivity index is 2.95. The lowest BCUT2D eigenvalue weighted by Gasteiger charge is -2.14. The van der Waals surface area contributed by atoms with Crippen molar-refractivity contribution in [3.63, 3.8) is 0 Å². The van der Waals surface area contributed by atoms with Gasteiger partial charge in [-0.1, -0.05) is 19.1 Å². The van der Waals surface area contributed by atoms with E-state index in [1.54, 1.807) is 25.1 Å². The Hall–Kier alpha value is -1.44. The van der Waals surface area contributed by atoms with E-state index in [-0.39, 0.29) is 17.4 Å². The molecule has 1 aromatic rings. The minimum Gasteiger partial charge on any atom is -0.370 e. The molecule has 5 N–H and O–H groups in total. The highest BCUT2D eigenvalue weighted by atomic mass is 32.2. The van der Waals surface area contributed by atoms with Gasteiger partial charge in [0.15, 0.2) is 0 Å². The summed E-state index contributed by atoms with van der Waals surface area (Å²) in [6.45, 7) is 3.52. The summed E-state index contributed by atoms with van der Waals surface area (Å²) in [6, 6.07) is 5.73. The third-order valence-corrected chi connectivity index (χ3v) is 4.49. The van der Waals surface area contributed by atoms with Gasteiger partial charge in [0.2, 0.25) is 15.9 Å². The molecule has 6 nitrogen and oxygen atoms in total. The molecule has 0 radical (unpaired) electrons. The van der Waals surface area contributed by atoms with Crippen LogP contribution < -0.4 is 16.2 Å². The van der Waals surface area contributed by atoms with Crippen molar-refractivity contribution in [1.29, 1.82) is 0 Å². The Morgan fingerprint density at radius 1 is 1.40 bits per heavy atom. The molecule has 0 aliphatic carbocycles. The van der Waals surface area contributed by atoms with Gasteiger partial charge in [0.25, 0.3) is 0 Å². The minimum atomic E-state index is -3.68. The number of rotatable bonds is 7. The Bertz CT molecular complexity index is 572. The van der Waals surface area contributed by atoms with Crippen molar-refractivity contribution in [1.82, 2.24) is 4.72 Å². The molecule has 0 aliphatic rings. The van der Waals surface area contributed by atoms with E-state index >= 15 is 0 Å². The molecule has 0 aromatic heterocycles. The maximum Gasteiger partial charge on any atom is 0.240 e. The van der Waals surface area contributed by atoms with Gasteiger partial charge in [0, 0.05) is 18.5 Å². The lowest BCUT2D eigenvalue weighted by atomic mass is 10.1. The lowest BCUT2D eigenvalue weighted by molar-refractivity contribution is -0.118. The first kappa shape index (κ1) is 16.6. The normalized spacial score (nSPS) is 14.8. The van der Waals surface area contributed by atoms with Crippen molar-refractivity contribution in [3.05, 3.63) is 29.8 Å². The highest BCUT2D eigenvalue weighted by molar-refractivity contribution is 7.89. The Kier molecular flexibility index (Phi) is 5.67. The molecule has 0 bridgehead atoms. The fourth-order valence-corrected chi connectivity index (χ4v) is 3.12. The largest absolute Gasteiger partial charge is 0.370 e. The Labute approximate surface area is 119 Å². The topological polar surface area (TPSA) is 115 Å². The Morgan fingerprint density at radius 3 is 2.60 bits per heavy atom. The second kappa shape index (κ2) is 6.83. The average molecular weight is 299 g/mol. The Morgan fingerprint density at radius 2 is 2.05 bits per heavy atom. The van der Waals surface area contributed by atoms with Gasteiger partial charge in [-0.3, -0.25) is 4.79 Å². The predicted octanol–water partition coefficient (Wildman–Crippen LogP) is 0.639. The number of amides is 1. The number of sulfonamides is 1. The quantitative estimate of drug-likeness (QED) is 0.685. The first-order chi connectivity index (χ1) is 9.26. The molecule has 112 valence electrons. The summed E-state index contributed by atoms with van der Waals surface area (Å²) >= 11 is 0. The summed E-state index contributed by atoms with van der Waals surface area (Å²) in [7, 11) is -3.68. The fourth-order valence-electron chi connectivity index (χ4n) is 1.82. The van der Waals surface area contributed by atoms with Crippen LogP contribution in [0.4, 0.5) is 0 Å². The number of benzene rings is 1. The van der Waals surface area contributed by atoms with Crippen LogP contribution in [0, 0.1) is 0 Å². The maximum atomic E-state index is 12.2. The molecular formula is C13H21N3O3S. The van der Waals surface area contributed by atoms with E-state index in [4.69, 9.17) is 11.5 Å². The van der Waals surface area contributed by atoms with Gasteiger partial charge < -0.3 is 11.5 Å². The van der Waals surface area contributed by atoms with E-state index in [0.29, 0.717) is 0 Å². The van der Waals surface area contributed by atoms with Gasteiger partial charge in [0.1, 0.15) is 0 Å². The van der Waals surface area contributed by atoms with Crippen LogP contribution in [0.3, 0.4) is 0 Å². The summed E-state index contributed by atoms with van der Waals surface area (Å²) < 4.78 is 26.8. The van der Waals surface area contributed by atoms with E-state index in [1.807, 2.05) is 6.92 Å². The first-order valence-corrected chi connectivity index (χ1v) is 7.90. The van der Waals surface area contributed by atoms with Crippen molar-refractivity contribution in [2.45, 2.75) is 43.7 Å². The summed E-state index contributed by atoms with van der Waals surface area (Å²) in [4.78, 5) is 10.9. The van der Waals surface area contributed by atoms with Crippen LogP contribution in [0.15, 0.2) is 29.2 Å². The van der Waals surface area contributed by atoms with Crippen LogP contribution in [-0.4, -0.2) is 20.4 Å². The smallest absolute Gasteiger partial charge is 0.240 e. The van der Waals surface area contributed by atoms with Gasteiger partial charge in [-0.05, 0) is 31.0 Å². The zero-order chi connectivity index (χ0) is 15.3. The average Bonchev–Trinajstić information content (AvgIpc) is 2.36. The third kappa shape index (κ3) is 4.59. The highest BCUT2D eigenvalue weighted by Crippen LogP contribution is 2.18. The molecule has 0 heterocycles. The van der Waals surface area contributed by atoms with E-state index in [9.17, 15) is 13.2 Å². The van der Waals surface area contributed by atoms with Crippen molar-refractivity contribution in [3.8, 4) is 0 Å². The van der Waals surface area contributed by atoms with Gasteiger partial charge in [-0.2, -0.15) is 0 Å². The lowest BCUT2D eigenvalue weighted by Crippen LogP contribution is -2.35. The molecule has 7 heteroatoms.